The second-order valence-electron chi connectivity index (χ2n) is 6.16. The Morgan fingerprint density at radius 3 is 2.50 bits per heavy atom. The first-order chi connectivity index (χ1) is 12.6. The van der Waals surface area contributed by atoms with Gasteiger partial charge in [-0.3, -0.25) is 4.79 Å². The van der Waals surface area contributed by atoms with Crippen LogP contribution in [0.1, 0.15) is 23.2 Å². The number of rotatable bonds is 3. The zero-order valence-corrected chi connectivity index (χ0v) is 14.1. The lowest BCUT2D eigenvalue weighted by molar-refractivity contribution is 0.0871. The summed E-state index contributed by atoms with van der Waals surface area (Å²) in [5.74, 6) is -1.14. The fourth-order valence-electron chi connectivity index (χ4n) is 3.01. The van der Waals surface area contributed by atoms with Crippen LogP contribution in [0.2, 0.25) is 0 Å². The zero-order chi connectivity index (χ0) is 18.1. The number of fused-ring (bicyclic) bond motifs is 1. The maximum atomic E-state index is 14.6. The summed E-state index contributed by atoms with van der Waals surface area (Å²) in [7, 11) is 0. The van der Waals surface area contributed by atoms with E-state index in [0.717, 1.165) is 5.56 Å². The minimum absolute atomic E-state index is 0.245. The normalized spacial score (nSPS) is 12.2. The van der Waals surface area contributed by atoms with Crippen molar-refractivity contribution in [1.82, 2.24) is 15.0 Å². The summed E-state index contributed by atoms with van der Waals surface area (Å²) in [4.78, 5) is 12.8. The average Bonchev–Trinajstić information content (AvgIpc) is 3.11. The van der Waals surface area contributed by atoms with Crippen LogP contribution in [0.5, 0.6) is 0 Å². The lowest BCUT2D eigenvalue weighted by Gasteiger charge is -2.12. The molecule has 4 rings (SSSR count). The smallest absolute Gasteiger partial charge is 0.256 e. The van der Waals surface area contributed by atoms with E-state index in [4.69, 9.17) is 0 Å². The van der Waals surface area contributed by atoms with Crippen molar-refractivity contribution < 1.29 is 9.18 Å². The van der Waals surface area contributed by atoms with Gasteiger partial charge in [0, 0.05) is 5.56 Å². The molecule has 0 radical (unpaired) electrons. The van der Waals surface area contributed by atoms with Crippen molar-refractivity contribution in [2.24, 2.45) is 0 Å². The van der Waals surface area contributed by atoms with Crippen molar-refractivity contribution in [3.05, 3.63) is 84.2 Å². The van der Waals surface area contributed by atoms with Gasteiger partial charge in [0.2, 0.25) is 0 Å². The predicted molar refractivity (Wildman–Crippen MR) is 98.4 cm³/mol. The molecule has 0 aliphatic carbocycles. The molecular formula is C21H16FN3O. The van der Waals surface area contributed by atoms with Crippen molar-refractivity contribution in [2.75, 3.05) is 0 Å². The van der Waals surface area contributed by atoms with Gasteiger partial charge in [-0.2, -0.15) is 4.68 Å². The van der Waals surface area contributed by atoms with Crippen molar-refractivity contribution in [2.45, 2.75) is 12.8 Å². The average molecular weight is 345 g/mol. The fraction of sp³-hybridized carbons (Fsp3) is 0.0952. The van der Waals surface area contributed by atoms with Gasteiger partial charge in [-0.15, -0.1) is 5.10 Å². The van der Waals surface area contributed by atoms with Crippen LogP contribution in [0.15, 0.2) is 72.8 Å². The summed E-state index contributed by atoms with van der Waals surface area (Å²) in [6, 6.07) is 21.5. The maximum Gasteiger partial charge on any atom is 0.256 e. The SMILES string of the molecule is CC(C(=O)n1nnc2ccccc21)c1ccc(-c2ccccc2)c(F)c1. The minimum Gasteiger partial charge on any atom is -0.272 e. The summed E-state index contributed by atoms with van der Waals surface area (Å²) in [5.41, 5.74) is 3.22. The van der Waals surface area contributed by atoms with Crippen LogP contribution in [0.3, 0.4) is 0 Å². The molecule has 4 aromatic rings. The van der Waals surface area contributed by atoms with Gasteiger partial charge in [0.1, 0.15) is 11.3 Å². The van der Waals surface area contributed by atoms with E-state index in [1.54, 1.807) is 31.2 Å². The minimum atomic E-state index is -0.542. The Kier molecular flexibility index (Phi) is 4.05. The van der Waals surface area contributed by atoms with Crippen LogP contribution in [-0.2, 0) is 0 Å². The molecule has 0 aliphatic heterocycles. The van der Waals surface area contributed by atoms with Crippen LogP contribution in [0, 0.1) is 5.82 Å². The molecule has 0 saturated carbocycles. The highest BCUT2D eigenvalue weighted by Gasteiger charge is 2.21. The fourth-order valence-corrected chi connectivity index (χ4v) is 3.01. The van der Waals surface area contributed by atoms with Crippen LogP contribution >= 0.6 is 0 Å². The van der Waals surface area contributed by atoms with E-state index >= 15 is 0 Å². The van der Waals surface area contributed by atoms with Crippen molar-refractivity contribution in [3.63, 3.8) is 0 Å². The number of carbonyl (C=O) groups excluding carboxylic acids is 1. The number of nitrogens with zero attached hydrogens (tertiary/aromatic N) is 3. The lowest BCUT2D eigenvalue weighted by Crippen LogP contribution is -2.19. The second kappa shape index (κ2) is 6.52. The van der Waals surface area contributed by atoms with Crippen LogP contribution < -0.4 is 0 Å². The second-order valence-corrected chi connectivity index (χ2v) is 6.16. The van der Waals surface area contributed by atoms with Gasteiger partial charge in [0.25, 0.3) is 5.91 Å². The Morgan fingerprint density at radius 2 is 1.73 bits per heavy atom. The third-order valence-electron chi connectivity index (χ3n) is 4.51. The highest BCUT2D eigenvalue weighted by atomic mass is 19.1. The number of carbonyl (C=O) groups is 1. The first-order valence-electron chi connectivity index (χ1n) is 8.34. The molecule has 0 N–H and O–H groups in total. The number of halogens is 1. The molecule has 128 valence electrons. The van der Waals surface area contributed by atoms with Crippen LogP contribution in [0.25, 0.3) is 22.2 Å². The summed E-state index contributed by atoms with van der Waals surface area (Å²) in [6.45, 7) is 1.75. The standard InChI is InChI=1S/C21H16FN3O/c1-14(21(26)25-20-10-6-5-9-19(20)23-24-25)16-11-12-17(18(22)13-16)15-7-3-2-4-8-15/h2-14H,1H3. The van der Waals surface area contributed by atoms with Gasteiger partial charge in [-0.1, -0.05) is 59.8 Å². The van der Waals surface area contributed by atoms with Crippen molar-refractivity contribution in [3.8, 4) is 11.1 Å². The Hall–Kier alpha value is -3.34. The Labute approximate surface area is 149 Å². The molecule has 0 bridgehead atoms. The van der Waals surface area contributed by atoms with E-state index in [0.29, 0.717) is 22.2 Å². The molecule has 0 fully saturated rings. The Bertz CT molecular complexity index is 1090. The van der Waals surface area contributed by atoms with Crippen LogP contribution in [0.4, 0.5) is 4.39 Å². The first kappa shape index (κ1) is 16.1. The van der Waals surface area contributed by atoms with Crippen LogP contribution in [-0.4, -0.2) is 20.9 Å². The molecule has 1 heterocycles. The molecule has 0 amide bonds. The maximum absolute atomic E-state index is 14.6. The van der Waals surface area contributed by atoms with E-state index in [1.807, 2.05) is 42.5 Å². The van der Waals surface area contributed by atoms with Gasteiger partial charge in [0.05, 0.1) is 11.4 Å². The van der Waals surface area contributed by atoms with E-state index in [1.165, 1.54) is 10.7 Å². The van der Waals surface area contributed by atoms with Gasteiger partial charge < -0.3 is 0 Å². The van der Waals surface area contributed by atoms with Gasteiger partial charge in [-0.05, 0) is 36.2 Å². The Balaban J connectivity index is 1.67. The van der Waals surface area contributed by atoms with E-state index < -0.39 is 5.92 Å². The zero-order valence-electron chi connectivity index (χ0n) is 14.1. The summed E-state index contributed by atoms with van der Waals surface area (Å²) in [5, 5.41) is 7.96. The van der Waals surface area contributed by atoms with Crippen molar-refractivity contribution >= 4 is 16.9 Å². The third-order valence-corrected chi connectivity index (χ3v) is 4.51. The molecule has 1 atom stereocenters. The molecular weight excluding hydrogens is 329 g/mol. The molecule has 0 spiro atoms. The summed E-state index contributed by atoms with van der Waals surface area (Å²) in [6.07, 6.45) is 0. The molecule has 1 unspecified atom stereocenters. The van der Waals surface area contributed by atoms with Crippen molar-refractivity contribution in [1.29, 1.82) is 0 Å². The molecule has 3 aromatic carbocycles. The summed E-state index contributed by atoms with van der Waals surface area (Å²) < 4.78 is 15.9. The first-order valence-corrected chi connectivity index (χ1v) is 8.34. The third kappa shape index (κ3) is 2.77. The largest absolute Gasteiger partial charge is 0.272 e. The highest BCUT2D eigenvalue weighted by molar-refractivity contribution is 5.92. The molecule has 1 aromatic heterocycles. The highest BCUT2D eigenvalue weighted by Crippen LogP contribution is 2.27. The van der Waals surface area contributed by atoms with Gasteiger partial charge in [0.15, 0.2) is 0 Å². The van der Waals surface area contributed by atoms with Gasteiger partial charge in [-0.25, -0.2) is 4.39 Å². The predicted octanol–water partition coefficient (Wildman–Crippen LogP) is 4.68. The monoisotopic (exact) mass is 345 g/mol. The molecule has 5 heteroatoms. The molecule has 4 nitrogen and oxygen atoms in total. The number of aromatic nitrogens is 3. The molecule has 0 saturated heterocycles. The Morgan fingerprint density at radius 1 is 1.00 bits per heavy atom. The van der Waals surface area contributed by atoms with Gasteiger partial charge >= 0.3 is 0 Å². The lowest BCUT2D eigenvalue weighted by atomic mass is 9.96. The molecule has 0 aliphatic rings. The number of para-hydroxylation sites is 1. The quantitative estimate of drug-likeness (QED) is 0.541. The number of benzene rings is 3. The molecule has 26 heavy (non-hydrogen) atoms. The van der Waals surface area contributed by atoms with E-state index in [2.05, 4.69) is 10.3 Å². The summed E-state index contributed by atoms with van der Waals surface area (Å²) >= 11 is 0. The van der Waals surface area contributed by atoms with E-state index in [9.17, 15) is 9.18 Å². The van der Waals surface area contributed by atoms with E-state index in [-0.39, 0.29) is 11.7 Å². The number of hydrogen-bond donors (Lipinski definition) is 0. The number of hydrogen-bond acceptors (Lipinski definition) is 3. The topological polar surface area (TPSA) is 47.8 Å².